The van der Waals surface area contributed by atoms with Crippen molar-refractivity contribution in [3.05, 3.63) is 29.6 Å². The van der Waals surface area contributed by atoms with E-state index >= 15 is 0 Å². The highest BCUT2D eigenvalue weighted by molar-refractivity contribution is 5.93. The molecule has 1 aromatic heterocycles. The largest absolute Gasteiger partial charge is 0.418 e. The number of nitrogens with zero attached hydrogens (tertiary/aromatic N) is 1. The molecule has 0 bridgehead atoms. The van der Waals surface area contributed by atoms with E-state index in [4.69, 9.17) is 5.11 Å². The summed E-state index contributed by atoms with van der Waals surface area (Å²) in [5.41, 5.74) is -3.40. The van der Waals surface area contributed by atoms with Gasteiger partial charge in [-0.15, -0.1) is 0 Å². The van der Waals surface area contributed by atoms with Crippen LogP contribution >= 0.6 is 0 Å². The monoisotopic (exact) mass is 280 g/mol. The maximum Gasteiger partial charge on any atom is 0.418 e. The van der Waals surface area contributed by atoms with E-state index in [1.165, 1.54) is 18.3 Å². The van der Waals surface area contributed by atoms with Gasteiger partial charge in [-0.25, -0.2) is 4.39 Å². The number of halogens is 4. The molecule has 0 spiro atoms. The molecule has 8 heteroatoms. The number of nitrogens with one attached hydrogen (secondary N) is 1. The van der Waals surface area contributed by atoms with Gasteiger partial charge in [-0.3, -0.25) is 9.78 Å². The molecule has 19 heavy (non-hydrogen) atoms. The van der Waals surface area contributed by atoms with Gasteiger partial charge in [-0.1, -0.05) is 6.07 Å². The van der Waals surface area contributed by atoms with Crippen LogP contribution in [0.3, 0.4) is 0 Å². The zero-order valence-electron chi connectivity index (χ0n) is 9.96. The molecule has 2 N–H and O–H groups in total. The van der Waals surface area contributed by atoms with Gasteiger partial charge in [0.05, 0.1) is 6.54 Å². The van der Waals surface area contributed by atoms with Crippen LogP contribution in [0.4, 0.5) is 17.6 Å². The van der Waals surface area contributed by atoms with Gasteiger partial charge in [-0.2, -0.15) is 13.2 Å². The number of carbonyl (C=O) groups excluding carboxylic acids is 1. The highest BCUT2D eigenvalue weighted by Crippen LogP contribution is 2.29. The number of alkyl halides is 4. The molecule has 0 aromatic carbocycles. The number of rotatable bonds is 4. The SMILES string of the molecule is C[C@@](O)(CNC(=O)c1ncccc1CF)C(F)(F)F. The third-order valence-corrected chi connectivity index (χ3v) is 2.45. The minimum Gasteiger partial charge on any atom is -0.379 e. The summed E-state index contributed by atoms with van der Waals surface area (Å²) >= 11 is 0. The molecule has 1 heterocycles. The topological polar surface area (TPSA) is 62.2 Å². The summed E-state index contributed by atoms with van der Waals surface area (Å²) in [5, 5.41) is 11.0. The number of aliphatic hydroxyl groups is 1. The summed E-state index contributed by atoms with van der Waals surface area (Å²) in [6.07, 6.45) is -3.66. The van der Waals surface area contributed by atoms with E-state index in [9.17, 15) is 22.4 Å². The second-order valence-electron chi connectivity index (χ2n) is 4.10. The Hall–Kier alpha value is -1.70. The van der Waals surface area contributed by atoms with Gasteiger partial charge >= 0.3 is 6.18 Å². The quantitative estimate of drug-likeness (QED) is 0.823. The Bertz CT molecular complexity index is 460. The van der Waals surface area contributed by atoms with Gasteiger partial charge in [0.25, 0.3) is 5.91 Å². The number of aromatic nitrogens is 1. The van der Waals surface area contributed by atoms with Gasteiger partial charge in [0.2, 0.25) is 0 Å². The zero-order chi connectivity index (χ0) is 14.7. The van der Waals surface area contributed by atoms with Crippen LogP contribution in [-0.2, 0) is 6.67 Å². The third-order valence-electron chi connectivity index (χ3n) is 2.45. The molecule has 0 aliphatic rings. The molecule has 1 rings (SSSR count). The maximum atomic E-state index is 12.6. The van der Waals surface area contributed by atoms with Crippen molar-refractivity contribution in [2.75, 3.05) is 6.54 Å². The third kappa shape index (κ3) is 3.63. The second-order valence-corrected chi connectivity index (χ2v) is 4.10. The summed E-state index contributed by atoms with van der Waals surface area (Å²) in [4.78, 5) is 15.2. The first-order valence-corrected chi connectivity index (χ1v) is 5.26. The summed E-state index contributed by atoms with van der Waals surface area (Å²) in [5.74, 6) is -0.974. The highest BCUT2D eigenvalue weighted by Gasteiger charge is 2.49. The molecule has 0 saturated heterocycles. The lowest BCUT2D eigenvalue weighted by atomic mass is 10.1. The summed E-state index contributed by atoms with van der Waals surface area (Å²) < 4.78 is 49.6. The average Bonchev–Trinajstić information content (AvgIpc) is 2.34. The van der Waals surface area contributed by atoms with Crippen LogP contribution in [0.5, 0.6) is 0 Å². The van der Waals surface area contributed by atoms with Crippen molar-refractivity contribution in [2.24, 2.45) is 0 Å². The van der Waals surface area contributed by atoms with Gasteiger partial charge in [0, 0.05) is 11.8 Å². The van der Waals surface area contributed by atoms with E-state index in [2.05, 4.69) is 4.98 Å². The lowest BCUT2D eigenvalue weighted by Gasteiger charge is -2.26. The predicted octanol–water partition coefficient (Wildman–Crippen LogP) is 1.59. The van der Waals surface area contributed by atoms with Gasteiger partial charge in [0.15, 0.2) is 5.60 Å². The highest BCUT2D eigenvalue weighted by atomic mass is 19.4. The first-order valence-electron chi connectivity index (χ1n) is 5.26. The fraction of sp³-hybridized carbons (Fsp3) is 0.455. The second kappa shape index (κ2) is 5.52. The summed E-state index contributed by atoms with van der Waals surface area (Å²) in [6.45, 7) is -1.48. The van der Waals surface area contributed by atoms with Gasteiger partial charge in [-0.05, 0) is 13.0 Å². The number of amides is 1. The first-order chi connectivity index (χ1) is 8.69. The van der Waals surface area contributed by atoms with Crippen molar-refractivity contribution in [2.45, 2.75) is 25.4 Å². The molecule has 4 nitrogen and oxygen atoms in total. The van der Waals surface area contributed by atoms with Crippen LogP contribution in [0.25, 0.3) is 0 Å². The average molecular weight is 280 g/mol. The number of hydrogen-bond acceptors (Lipinski definition) is 3. The molecule has 1 aromatic rings. The predicted molar refractivity (Wildman–Crippen MR) is 58.1 cm³/mol. The smallest absolute Gasteiger partial charge is 0.379 e. The van der Waals surface area contributed by atoms with Gasteiger partial charge < -0.3 is 10.4 Å². The van der Waals surface area contributed by atoms with Crippen LogP contribution in [0.1, 0.15) is 23.0 Å². The molecular formula is C11H12F4N2O2. The van der Waals surface area contributed by atoms with Gasteiger partial charge in [0.1, 0.15) is 12.4 Å². The van der Waals surface area contributed by atoms with Crippen LogP contribution < -0.4 is 5.32 Å². The molecule has 1 amide bonds. The minimum absolute atomic E-state index is 0.0355. The Kier molecular flexibility index (Phi) is 4.46. The van der Waals surface area contributed by atoms with Crippen molar-refractivity contribution in [3.8, 4) is 0 Å². The molecule has 0 saturated carbocycles. The Labute approximate surface area is 106 Å². The Balaban J connectivity index is 2.76. The van der Waals surface area contributed by atoms with Crippen LogP contribution in [0.15, 0.2) is 18.3 Å². The molecular weight excluding hydrogens is 268 g/mol. The molecule has 0 aliphatic heterocycles. The summed E-state index contributed by atoms with van der Waals surface area (Å²) in [6, 6.07) is 2.70. The Morgan fingerprint density at radius 2 is 2.11 bits per heavy atom. The first kappa shape index (κ1) is 15.4. The van der Waals surface area contributed by atoms with E-state index in [-0.39, 0.29) is 11.3 Å². The standard InChI is InChI=1S/C11H12F4N2O2/c1-10(19,11(13,14)15)6-17-9(18)8-7(5-12)3-2-4-16-8/h2-4,19H,5-6H2,1H3,(H,17,18)/t10-/m1/s1. The van der Waals surface area contributed by atoms with Crippen molar-refractivity contribution in [1.82, 2.24) is 10.3 Å². The van der Waals surface area contributed by atoms with Crippen molar-refractivity contribution in [1.29, 1.82) is 0 Å². The zero-order valence-corrected chi connectivity index (χ0v) is 9.96. The molecule has 0 radical (unpaired) electrons. The molecule has 0 unspecified atom stereocenters. The number of carbonyl (C=O) groups is 1. The van der Waals surface area contributed by atoms with E-state index < -0.39 is 30.9 Å². The summed E-state index contributed by atoms with van der Waals surface area (Å²) in [7, 11) is 0. The lowest BCUT2D eigenvalue weighted by Crippen LogP contribution is -2.51. The normalized spacial score (nSPS) is 14.8. The van der Waals surface area contributed by atoms with E-state index in [0.717, 1.165) is 0 Å². The molecule has 106 valence electrons. The van der Waals surface area contributed by atoms with Crippen molar-refractivity contribution >= 4 is 5.91 Å². The molecule has 0 fully saturated rings. The Morgan fingerprint density at radius 3 is 2.63 bits per heavy atom. The van der Waals surface area contributed by atoms with Crippen LogP contribution in [0, 0.1) is 0 Å². The molecule has 1 atom stereocenters. The lowest BCUT2D eigenvalue weighted by molar-refractivity contribution is -0.249. The number of hydrogen-bond donors (Lipinski definition) is 2. The van der Waals surface area contributed by atoms with E-state index in [1.54, 1.807) is 0 Å². The van der Waals surface area contributed by atoms with E-state index in [1.807, 2.05) is 5.32 Å². The van der Waals surface area contributed by atoms with Crippen LogP contribution in [-0.4, -0.2) is 34.3 Å². The Morgan fingerprint density at radius 1 is 1.47 bits per heavy atom. The fourth-order valence-corrected chi connectivity index (χ4v) is 1.19. The maximum absolute atomic E-state index is 12.6. The van der Waals surface area contributed by atoms with Crippen molar-refractivity contribution in [3.63, 3.8) is 0 Å². The molecule has 0 aliphatic carbocycles. The van der Waals surface area contributed by atoms with E-state index in [0.29, 0.717) is 6.92 Å². The fourth-order valence-electron chi connectivity index (χ4n) is 1.19. The number of pyridine rings is 1. The van der Waals surface area contributed by atoms with Crippen LogP contribution in [0.2, 0.25) is 0 Å². The van der Waals surface area contributed by atoms with Crippen molar-refractivity contribution < 1.29 is 27.5 Å². The minimum atomic E-state index is -4.88.